The van der Waals surface area contributed by atoms with Crippen molar-refractivity contribution >= 4 is 17.3 Å². The Morgan fingerprint density at radius 1 is 1.12 bits per heavy atom. The number of methoxy groups -OCH3 is 1. The number of rotatable bonds is 4. The van der Waals surface area contributed by atoms with Crippen LogP contribution in [0.5, 0.6) is 5.75 Å². The Hall–Kier alpha value is -2.89. The van der Waals surface area contributed by atoms with E-state index in [0.29, 0.717) is 17.0 Å². The lowest BCUT2D eigenvalue weighted by Crippen LogP contribution is -2.15. The van der Waals surface area contributed by atoms with Crippen LogP contribution in [0.3, 0.4) is 0 Å². The molecule has 0 aliphatic carbocycles. The van der Waals surface area contributed by atoms with Gasteiger partial charge in [0.25, 0.3) is 11.6 Å². The van der Waals surface area contributed by atoms with E-state index in [4.69, 9.17) is 4.74 Å². The number of benzene rings is 2. The molecule has 1 amide bonds. The topological polar surface area (TPSA) is 81.5 Å². The highest BCUT2D eigenvalue weighted by Gasteiger charge is 2.17. The van der Waals surface area contributed by atoms with Crippen molar-refractivity contribution in [1.82, 2.24) is 0 Å². The molecule has 0 bridgehead atoms. The van der Waals surface area contributed by atoms with Gasteiger partial charge in [0.1, 0.15) is 5.75 Å². The van der Waals surface area contributed by atoms with Gasteiger partial charge in [0.15, 0.2) is 0 Å². The molecule has 0 aromatic heterocycles. The third-order valence-electron chi connectivity index (χ3n) is 3.65. The number of nitrogens with one attached hydrogen (secondary N) is 1. The first kappa shape index (κ1) is 17.5. The van der Waals surface area contributed by atoms with Gasteiger partial charge in [-0.05, 0) is 35.2 Å². The van der Waals surface area contributed by atoms with Crippen LogP contribution < -0.4 is 10.1 Å². The number of amides is 1. The zero-order valence-corrected chi connectivity index (χ0v) is 14.1. The van der Waals surface area contributed by atoms with E-state index in [0.717, 1.165) is 5.56 Å². The lowest BCUT2D eigenvalue weighted by Gasteiger charge is -2.21. The molecule has 0 heterocycles. The van der Waals surface area contributed by atoms with Gasteiger partial charge >= 0.3 is 0 Å². The summed E-state index contributed by atoms with van der Waals surface area (Å²) in [5.41, 5.74) is 1.83. The molecule has 2 rings (SSSR count). The minimum atomic E-state index is -0.502. The van der Waals surface area contributed by atoms with Crippen LogP contribution in [0.25, 0.3) is 0 Å². The van der Waals surface area contributed by atoms with E-state index in [1.807, 2.05) is 18.2 Å². The van der Waals surface area contributed by atoms with Gasteiger partial charge in [-0.1, -0.05) is 26.8 Å². The normalized spacial score (nSPS) is 11.0. The number of carbonyl (C=O) groups is 1. The zero-order chi connectivity index (χ0) is 17.9. The number of ether oxygens (including phenoxy) is 1. The summed E-state index contributed by atoms with van der Waals surface area (Å²) >= 11 is 0. The maximum Gasteiger partial charge on any atom is 0.269 e. The van der Waals surface area contributed by atoms with E-state index in [9.17, 15) is 14.9 Å². The van der Waals surface area contributed by atoms with Crippen LogP contribution in [0.2, 0.25) is 0 Å². The second-order valence-corrected chi connectivity index (χ2v) is 6.42. The number of nitrogens with zero attached hydrogens (tertiary/aromatic N) is 1. The van der Waals surface area contributed by atoms with Gasteiger partial charge < -0.3 is 10.1 Å². The predicted molar refractivity (Wildman–Crippen MR) is 92.7 cm³/mol. The molecule has 6 nitrogen and oxygen atoms in total. The second kappa shape index (κ2) is 6.70. The van der Waals surface area contributed by atoms with Crippen molar-refractivity contribution in [3.63, 3.8) is 0 Å². The first-order valence-electron chi connectivity index (χ1n) is 7.46. The Balaban J connectivity index is 2.28. The molecule has 126 valence electrons. The fraction of sp³-hybridized carbons (Fsp3) is 0.278. The summed E-state index contributed by atoms with van der Waals surface area (Å²) in [6.07, 6.45) is 0. The first-order valence-corrected chi connectivity index (χ1v) is 7.46. The molecular weight excluding hydrogens is 308 g/mol. The fourth-order valence-corrected chi connectivity index (χ4v) is 2.20. The summed E-state index contributed by atoms with van der Waals surface area (Å²) in [6, 6.07) is 11.1. The van der Waals surface area contributed by atoms with E-state index in [1.54, 1.807) is 0 Å². The van der Waals surface area contributed by atoms with Crippen molar-refractivity contribution in [2.24, 2.45) is 0 Å². The Kier molecular flexibility index (Phi) is 4.87. The maximum atomic E-state index is 12.4. The standard InChI is InChI=1S/C18H20N2O4/c1-18(2,3)13-7-10-16(24-4)15(11-13)19-17(21)12-5-8-14(9-6-12)20(22)23/h5-11H,1-4H3,(H,19,21). The average molecular weight is 328 g/mol. The third kappa shape index (κ3) is 3.90. The van der Waals surface area contributed by atoms with Crippen molar-refractivity contribution in [2.75, 3.05) is 12.4 Å². The molecule has 0 spiro atoms. The Morgan fingerprint density at radius 2 is 1.75 bits per heavy atom. The molecule has 0 unspecified atom stereocenters. The summed E-state index contributed by atoms with van der Waals surface area (Å²) in [6.45, 7) is 6.24. The van der Waals surface area contributed by atoms with E-state index >= 15 is 0 Å². The van der Waals surface area contributed by atoms with Crippen molar-refractivity contribution in [2.45, 2.75) is 26.2 Å². The van der Waals surface area contributed by atoms with Crippen LogP contribution in [0.1, 0.15) is 36.7 Å². The minimum absolute atomic E-state index is 0.0566. The first-order chi connectivity index (χ1) is 11.2. The molecule has 1 N–H and O–H groups in total. The maximum absolute atomic E-state index is 12.4. The molecule has 0 saturated heterocycles. The molecule has 0 aliphatic heterocycles. The van der Waals surface area contributed by atoms with E-state index in [1.165, 1.54) is 31.4 Å². The van der Waals surface area contributed by atoms with Gasteiger partial charge in [-0.15, -0.1) is 0 Å². The zero-order valence-electron chi connectivity index (χ0n) is 14.1. The van der Waals surface area contributed by atoms with Crippen LogP contribution in [-0.4, -0.2) is 17.9 Å². The third-order valence-corrected chi connectivity index (χ3v) is 3.65. The molecular formula is C18H20N2O4. The summed E-state index contributed by atoms with van der Waals surface area (Å²) in [5, 5.41) is 13.5. The molecule has 0 saturated carbocycles. The number of nitro benzene ring substituents is 1. The smallest absolute Gasteiger partial charge is 0.269 e. The van der Waals surface area contributed by atoms with Gasteiger partial charge in [0.05, 0.1) is 17.7 Å². The Labute approximate surface area is 140 Å². The van der Waals surface area contributed by atoms with E-state index < -0.39 is 4.92 Å². The highest BCUT2D eigenvalue weighted by molar-refractivity contribution is 6.05. The quantitative estimate of drug-likeness (QED) is 0.675. The molecule has 0 aliphatic rings. The highest BCUT2D eigenvalue weighted by atomic mass is 16.6. The van der Waals surface area contributed by atoms with Gasteiger partial charge in [-0.3, -0.25) is 14.9 Å². The number of anilines is 1. The lowest BCUT2D eigenvalue weighted by molar-refractivity contribution is -0.384. The molecule has 24 heavy (non-hydrogen) atoms. The van der Waals surface area contributed by atoms with Crippen molar-refractivity contribution in [1.29, 1.82) is 0 Å². The van der Waals surface area contributed by atoms with Crippen LogP contribution in [0.15, 0.2) is 42.5 Å². The lowest BCUT2D eigenvalue weighted by atomic mass is 9.87. The highest BCUT2D eigenvalue weighted by Crippen LogP contribution is 2.31. The fourth-order valence-electron chi connectivity index (χ4n) is 2.20. The van der Waals surface area contributed by atoms with Crippen molar-refractivity contribution < 1.29 is 14.5 Å². The molecule has 6 heteroatoms. The van der Waals surface area contributed by atoms with Gasteiger partial charge in [0, 0.05) is 17.7 Å². The van der Waals surface area contributed by atoms with Crippen molar-refractivity contribution in [3.8, 4) is 5.75 Å². The number of hydrogen-bond donors (Lipinski definition) is 1. The molecule has 2 aromatic rings. The number of hydrogen-bond acceptors (Lipinski definition) is 4. The molecule has 0 atom stereocenters. The summed E-state index contributed by atoms with van der Waals surface area (Å²) in [7, 11) is 1.54. The predicted octanol–water partition coefficient (Wildman–Crippen LogP) is 4.15. The van der Waals surface area contributed by atoms with E-state index in [2.05, 4.69) is 26.1 Å². The van der Waals surface area contributed by atoms with Gasteiger partial charge in [-0.25, -0.2) is 0 Å². The summed E-state index contributed by atoms with van der Waals surface area (Å²) in [5.74, 6) is 0.201. The Morgan fingerprint density at radius 3 is 2.25 bits per heavy atom. The van der Waals surface area contributed by atoms with Crippen molar-refractivity contribution in [3.05, 3.63) is 63.7 Å². The molecule has 0 fully saturated rings. The number of nitro groups is 1. The van der Waals surface area contributed by atoms with Crippen LogP contribution >= 0.6 is 0 Å². The van der Waals surface area contributed by atoms with Crippen LogP contribution in [-0.2, 0) is 5.41 Å². The average Bonchev–Trinajstić information content (AvgIpc) is 2.54. The van der Waals surface area contributed by atoms with Gasteiger partial charge in [-0.2, -0.15) is 0 Å². The molecule has 0 radical (unpaired) electrons. The monoisotopic (exact) mass is 328 g/mol. The SMILES string of the molecule is COc1ccc(C(C)(C)C)cc1NC(=O)c1ccc([N+](=O)[O-])cc1. The number of non-ortho nitro benzene ring substituents is 1. The largest absolute Gasteiger partial charge is 0.495 e. The van der Waals surface area contributed by atoms with E-state index in [-0.39, 0.29) is 17.0 Å². The van der Waals surface area contributed by atoms with Crippen LogP contribution in [0, 0.1) is 10.1 Å². The summed E-state index contributed by atoms with van der Waals surface area (Å²) < 4.78 is 5.30. The summed E-state index contributed by atoms with van der Waals surface area (Å²) in [4.78, 5) is 22.6. The van der Waals surface area contributed by atoms with Crippen LogP contribution in [0.4, 0.5) is 11.4 Å². The number of carbonyl (C=O) groups excluding carboxylic acids is 1. The second-order valence-electron chi connectivity index (χ2n) is 6.42. The minimum Gasteiger partial charge on any atom is -0.495 e. The van der Waals surface area contributed by atoms with Gasteiger partial charge in [0.2, 0.25) is 0 Å². The molecule has 2 aromatic carbocycles. The Bertz CT molecular complexity index is 762.